The van der Waals surface area contributed by atoms with Crippen LogP contribution in [0.3, 0.4) is 0 Å². The van der Waals surface area contributed by atoms with Gasteiger partial charge in [0.15, 0.2) is 0 Å². The molecule has 0 aliphatic heterocycles. The average Bonchev–Trinajstić information content (AvgIpc) is 2.29. The average molecular weight is 237 g/mol. The summed E-state index contributed by atoms with van der Waals surface area (Å²) in [5.74, 6) is -0.455. The molecule has 0 saturated heterocycles. The fourth-order valence-electron chi connectivity index (χ4n) is 1.32. The molecule has 0 spiro atoms. The number of rotatable bonds is 4. The van der Waals surface area contributed by atoms with Crippen LogP contribution in [0.25, 0.3) is 0 Å². The van der Waals surface area contributed by atoms with Crippen LogP contribution >= 0.6 is 0 Å². The van der Waals surface area contributed by atoms with Crippen molar-refractivity contribution in [2.45, 2.75) is 13.3 Å². The zero-order chi connectivity index (χ0) is 12.8. The maximum absolute atomic E-state index is 11.5. The number of anilines is 1. The number of carbonyl (C=O) groups is 2. The number of methoxy groups -OCH3 is 2. The number of carbonyl (C=O) groups excluding carboxylic acids is 2. The van der Waals surface area contributed by atoms with Gasteiger partial charge in [-0.05, 0) is 24.6 Å². The first-order chi connectivity index (χ1) is 8.06. The Morgan fingerprint density at radius 1 is 1.29 bits per heavy atom. The minimum Gasteiger partial charge on any atom is -0.495 e. The van der Waals surface area contributed by atoms with Crippen molar-refractivity contribution in [3.63, 3.8) is 0 Å². The van der Waals surface area contributed by atoms with Crippen LogP contribution in [0, 0.1) is 6.92 Å². The minimum absolute atomic E-state index is 0.312. The Balaban J connectivity index is 2.76. The fourth-order valence-corrected chi connectivity index (χ4v) is 1.32. The van der Waals surface area contributed by atoms with E-state index in [-0.39, 0.29) is 6.42 Å². The number of esters is 1. The predicted octanol–water partition coefficient (Wildman–Crippen LogP) is 1.51. The highest BCUT2D eigenvalue weighted by atomic mass is 16.5. The van der Waals surface area contributed by atoms with Crippen LogP contribution < -0.4 is 10.1 Å². The third kappa shape index (κ3) is 3.79. The summed E-state index contributed by atoms with van der Waals surface area (Å²) in [6, 6.07) is 5.39. The molecule has 17 heavy (non-hydrogen) atoms. The number of hydrogen-bond donors (Lipinski definition) is 1. The van der Waals surface area contributed by atoms with Gasteiger partial charge in [-0.2, -0.15) is 0 Å². The molecule has 5 nitrogen and oxygen atoms in total. The van der Waals surface area contributed by atoms with Gasteiger partial charge in [0.2, 0.25) is 5.91 Å². The molecule has 92 valence electrons. The predicted molar refractivity (Wildman–Crippen MR) is 63.0 cm³/mol. The minimum atomic E-state index is -0.575. The molecule has 0 atom stereocenters. The van der Waals surface area contributed by atoms with E-state index in [2.05, 4.69) is 10.1 Å². The fraction of sp³-hybridized carbons (Fsp3) is 0.333. The van der Waals surface area contributed by atoms with Crippen LogP contribution in [0.1, 0.15) is 12.0 Å². The van der Waals surface area contributed by atoms with Crippen LogP contribution in [0.5, 0.6) is 5.75 Å². The molecular formula is C12H15NO4. The van der Waals surface area contributed by atoms with E-state index in [1.54, 1.807) is 12.1 Å². The molecule has 1 amide bonds. The zero-order valence-electron chi connectivity index (χ0n) is 10.1. The first kappa shape index (κ1) is 13.0. The molecular weight excluding hydrogens is 222 g/mol. The largest absolute Gasteiger partial charge is 0.495 e. The first-order valence-corrected chi connectivity index (χ1v) is 5.08. The van der Waals surface area contributed by atoms with E-state index in [1.807, 2.05) is 13.0 Å². The van der Waals surface area contributed by atoms with E-state index in [0.717, 1.165) is 5.56 Å². The molecule has 1 aromatic rings. The summed E-state index contributed by atoms with van der Waals surface area (Å²) < 4.78 is 9.51. The lowest BCUT2D eigenvalue weighted by atomic mass is 10.2. The molecule has 1 aromatic carbocycles. The van der Waals surface area contributed by atoms with Crippen molar-refractivity contribution in [2.75, 3.05) is 19.5 Å². The smallest absolute Gasteiger partial charge is 0.315 e. The van der Waals surface area contributed by atoms with Crippen molar-refractivity contribution >= 4 is 17.6 Å². The highest BCUT2D eigenvalue weighted by Gasteiger charge is 2.12. The molecule has 0 fully saturated rings. The van der Waals surface area contributed by atoms with Crippen LogP contribution in [0.2, 0.25) is 0 Å². The normalized spacial score (nSPS) is 9.59. The molecule has 1 rings (SSSR count). The van der Waals surface area contributed by atoms with Crippen LogP contribution in [-0.4, -0.2) is 26.1 Å². The van der Waals surface area contributed by atoms with Gasteiger partial charge in [-0.25, -0.2) is 0 Å². The Bertz CT molecular complexity index is 429. The maximum atomic E-state index is 11.5. The van der Waals surface area contributed by atoms with E-state index >= 15 is 0 Å². The molecule has 0 radical (unpaired) electrons. The van der Waals surface area contributed by atoms with Crippen LogP contribution in [0.15, 0.2) is 18.2 Å². The van der Waals surface area contributed by atoms with Gasteiger partial charge in [-0.1, -0.05) is 6.07 Å². The molecule has 0 bridgehead atoms. The number of nitrogens with one attached hydrogen (secondary N) is 1. The van der Waals surface area contributed by atoms with Crippen molar-refractivity contribution < 1.29 is 19.1 Å². The number of hydrogen-bond acceptors (Lipinski definition) is 4. The molecule has 0 heterocycles. The number of benzene rings is 1. The van der Waals surface area contributed by atoms with Crippen LogP contribution in [-0.2, 0) is 14.3 Å². The lowest BCUT2D eigenvalue weighted by Gasteiger charge is -2.10. The van der Waals surface area contributed by atoms with E-state index < -0.39 is 11.9 Å². The van der Waals surface area contributed by atoms with E-state index in [4.69, 9.17) is 4.74 Å². The topological polar surface area (TPSA) is 64.6 Å². The highest BCUT2D eigenvalue weighted by molar-refractivity contribution is 6.02. The number of aryl methyl sites for hydroxylation is 1. The number of amides is 1. The summed E-state index contributed by atoms with van der Waals surface area (Å²) in [6.07, 6.45) is -0.312. The SMILES string of the molecule is COC(=O)CC(=O)Nc1cc(C)ccc1OC. The van der Waals surface area contributed by atoms with Gasteiger partial charge in [-0.3, -0.25) is 9.59 Å². The van der Waals surface area contributed by atoms with Crippen molar-refractivity contribution in [3.05, 3.63) is 23.8 Å². The Kier molecular flexibility index (Phi) is 4.51. The maximum Gasteiger partial charge on any atom is 0.315 e. The third-order valence-corrected chi connectivity index (χ3v) is 2.16. The molecule has 1 N–H and O–H groups in total. The molecule has 0 aliphatic rings. The molecule has 0 saturated carbocycles. The first-order valence-electron chi connectivity index (χ1n) is 5.08. The molecule has 0 unspecified atom stereocenters. The second kappa shape index (κ2) is 5.89. The molecule has 0 aliphatic carbocycles. The second-order valence-corrected chi connectivity index (χ2v) is 3.50. The van der Waals surface area contributed by atoms with Crippen molar-refractivity contribution in [1.29, 1.82) is 0 Å². The summed E-state index contributed by atoms with van der Waals surface area (Å²) in [4.78, 5) is 22.4. The third-order valence-electron chi connectivity index (χ3n) is 2.16. The lowest BCUT2D eigenvalue weighted by molar-refractivity contribution is -0.142. The summed E-state index contributed by atoms with van der Waals surface area (Å²) in [5.41, 5.74) is 1.53. The highest BCUT2D eigenvalue weighted by Crippen LogP contribution is 2.25. The van der Waals surface area contributed by atoms with Crippen molar-refractivity contribution in [1.82, 2.24) is 0 Å². The van der Waals surface area contributed by atoms with E-state index in [9.17, 15) is 9.59 Å². The van der Waals surface area contributed by atoms with Crippen molar-refractivity contribution in [3.8, 4) is 5.75 Å². The Hall–Kier alpha value is -2.04. The lowest BCUT2D eigenvalue weighted by Crippen LogP contribution is -2.17. The van der Waals surface area contributed by atoms with Crippen molar-refractivity contribution in [2.24, 2.45) is 0 Å². The Morgan fingerprint density at radius 3 is 2.59 bits per heavy atom. The van der Waals surface area contributed by atoms with Gasteiger partial charge in [0.25, 0.3) is 0 Å². The Morgan fingerprint density at radius 2 is 2.00 bits per heavy atom. The summed E-state index contributed by atoms with van der Waals surface area (Å²) >= 11 is 0. The zero-order valence-corrected chi connectivity index (χ0v) is 10.1. The quantitative estimate of drug-likeness (QED) is 0.636. The van der Waals surface area contributed by atoms with Gasteiger partial charge in [0.05, 0.1) is 19.9 Å². The van der Waals surface area contributed by atoms with Crippen LogP contribution in [0.4, 0.5) is 5.69 Å². The standard InChI is InChI=1S/C12H15NO4/c1-8-4-5-10(16-2)9(6-8)13-11(14)7-12(15)17-3/h4-6H,7H2,1-3H3,(H,13,14). The Labute approximate surface area is 99.7 Å². The van der Waals surface area contributed by atoms with Gasteiger partial charge >= 0.3 is 5.97 Å². The summed E-state index contributed by atoms with van der Waals surface area (Å²) in [7, 11) is 2.75. The monoisotopic (exact) mass is 237 g/mol. The molecule has 0 aromatic heterocycles. The van der Waals surface area contributed by atoms with E-state index in [1.165, 1.54) is 14.2 Å². The number of ether oxygens (including phenoxy) is 2. The van der Waals surface area contributed by atoms with Gasteiger partial charge in [-0.15, -0.1) is 0 Å². The van der Waals surface area contributed by atoms with Gasteiger partial charge in [0, 0.05) is 0 Å². The molecule has 5 heteroatoms. The summed E-state index contributed by atoms with van der Waals surface area (Å²) in [5, 5.41) is 2.60. The van der Waals surface area contributed by atoms with E-state index in [0.29, 0.717) is 11.4 Å². The van der Waals surface area contributed by atoms with Gasteiger partial charge in [0.1, 0.15) is 12.2 Å². The second-order valence-electron chi connectivity index (χ2n) is 3.50. The summed E-state index contributed by atoms with van der Waals surface area (Å²) in [6.45, 7) is 1.90. The van der Waals surface area contributed by atoms with Gasteiger partial charge < -0.3 is 14.8 Å².